The first kappa shape index (κ1) is 14.3. The number of thiazole rings is 1. The highest BCUT2D eigenvalue weighted by Gasteiger charge is 2.33. The second kappa shape index (κ2) is 5.64. The Kier molecular flexibility index (Phi) is 4.04. The number of aromatic nitrogens is 1. The Morgan fingerprint density at radius 2 is 1.80 bits per heavy atom. The summed E-state index contributed by atoms with van der Waals surface area (Å²) in [5.74, 6) is 0. The second-order valence-electron chi connectivity index (χ2n) is 7.21. The monoisotopic (exact) mass is 293 g/mol. The highest BCUT2D eigenvalue weighted by molar-refractivity contribution is 7.15. The summed E-state index contributed by atoms with van der Waals surface area (Å²) in [5.41, 5.74) is 7.95. The Balaban J connectivity index is 1.81. The van der Waals surface area contributed by atoms with E-state index in [1.54, 1.807) is 0 Å². The van der Waals surface area contributed by atoms with Gasteiger partial charge in [-0.25, -0.2) is 4.98 Å². The van der Waals surface area contributed by atoms with Gasteiger partial charge in [0.1, 0.15) is 0 Å². The number of hydrogen-bond donors (Lipinski definition) is 1. The number of nitrogens with zero attached hydrogens (tertiary/aromatic N) is 2. The van der Waals surface area contributed by atoms with Crippen LogP contribution in [0.3, 0.4) is 0 Å². The van der Waals surface area contributed by atoms with E-state index >= 15 is 0 Å². The van der Waals surface area contributed by atoms with Gasteiger partial charge in [-0.15, -0.1) is 0 Å². The third-order valence-corrected chi connectivity index (χ3v) is 5.89. The number of fused-ring (bicyclic) bond motifs is 1. The van der Waals surface area contributed by atoms with Crippen LogP contribution in [-0.4, -0.2) is 18.1 Å². The van der Waals surface area contributed by atoms with Gasteiger partial charge < -0.3 is 10.6 Å². The van der Waals surface area contributed by atoms with Crippen LogP contribution in [0.15, 0.2) is 0 Å². The molecule has 1 aromatic heterocycles. The molecule has 1 fully saturated rings. The van der Waals surface area contributed by atoms with Crippen molar-refractivity contribution in [2.45, 2.75) is 64.8 Å². The van der Waals surface area contributed by atoms with E-state index in [1.165, 1.54) is 60.9 Å². The molecule has 0 saturated carbocycles. The summed E-state index contributed by atoms with van der Waals surface area (Å²) in [6, 6.07) is 0.190. The molecule has 4 heteroatoms. The fraction of sp³-hybridized carbons (Fsp3) is 0.812. The molecule has 2 heterocycles. The SMILES string of the molecule is CC1(C)Cc2nc(N3CCCCCCC3)sc2C(N)C1. The molecule has 3 nitrogen and oxygen atoms in total. The molecular formula is C16H27N3S. The van der Waals surface area contributed by atoms with Crippen LogP contribution in [0, 0.1) is 5.41 Å². The zero-order valence-corrected chi connectivity index (χ0v) is 13.6. The third-order valence-electron chi connectivity index (χ3n) is 4.60. The summed E-state index contributed by atoms with van der Waals surface area (Å²) in [5, 5.41) is 1.23. The Labute approximate surface area is 126 Å². The Bertz CT molecular complexity index is 458. The van der Waals surface area contributed by atoms with Crippen LogP contribution in [0.1, 0.15) is 69.0 Å². The van der Waals surface area contributed by atoms with Crippen molar-refractivity contribution in [1.29, 1.82) is 0 Å². The van der Waals surface area contributed by atoms with Crippen molar-refractivity contribution in [2.24, 2.45) is 11.1 Å². The van der Waals surface area contributed by atoms with E-state index in [2.05, 4.69) is 18.7 Å². The van der Waals surface area contributed by atoms with E-state index in [1.807, 2.05) is 11.3 Å². The van der Waals surface area contributed by atoms with Crippen molar-refractivity contribution in [3.63, 3.8) is 0 Å². The predicted octanol–water partition coefficient (Wildman–Crippen LogP) is 3.89. The molecule has 1 atom stereocenters. The fourth-order valence-corrected chi connectivity index (χ4v) is 4.69. The number of nitrogens with two attached hydrogens (primary N) is 1. The van der Waals surface area contributed by atoms with Gasteiger partial charge in [0.05, 0.1) is 5.69 Å². The lowest BCUT2D eigenvalue weighted by molar-refractivity contribution is 0.282. The van der Waals surface area contributed by atoms with E-state index in [0.717, 1.165) is 12.8 Å². The quantitative estimate of drug-likeness (QED) is 0.854. The van der Waals surface area contributed by atoms with Gasteiger partial charge in [0.15, 0.2) is 5.13 Å². The van der Waals surface area contributed by atoms with Crippen molar-refractivity contribution in [2.75, 3.05) is 18.0 Å². The van der Waals surface area contributed by atoms with Crippen molar-refractivity contribution in [3.8, 4) is 0 Å². The molecule has 20 heavy (non-hydrogen) atoms. The normalized spacial score (nSPS) is 26.8. The van der Waals surface area contributed by atoms with Gasteiger partial charge in [-0.3, -0.25) is 0 Å². The minimum Gasteiger partial charge on any atom is -0.348 e. The van der Waals surface area contributed by atoms with Gasteiger partial charge in [-0.2, -0.15) is 0 Å². The molecule has 2 aliphatic rings. The fourth-order valence-electron chi connectivity index (χ4n) is 3.55. The van der Waals surface area contributed by atoms with Gasteiger partial charge in [-0.05, 0) is 31.1 Å². The Morgan fingerprint density at radius 1 is 1.15 bits per heavy atom. The largest absolute Gasteiger partial charge is 0.348 e. The first-order chi connectivity index (χ1) is 9.55. The Morgan fingerprint density at radius 3 is 2.50 bits per heavy atom. The number of anilines is 1. The molecule has 1 unspecified atom stereocenters. The highest BCUT2D eigenvalue weighted by atomic mass is 32.1. The molecule has 2 N–H and O–H groups in total. The highest BCUT2D eigenvalue weighted by Crippen LogP contribution is 2.43. The maximum Gasteiger partial charge on any atom is 0.185 e. The lowest BCUT2D eigenvalue weighted by Gasteiger charge is -2.32. The van der Waals surface area contributed by atoms with E-state index in [-0.39, 0.29) is 6.04 Å². The standard InChI is InChI=1S/C16H27N3S/c1-16(2)10-12(17)14-13(11-16)18-15(20-14)19-8-6-4-3-5-7-9-19/h12H,3-11,17H2,1-2H3. The number of hydrogen-bond acceptors (Lipinski definition) is 4. The topological polar surface area (TPSA) is 42.2 Å². The summed E-state index contributed by atoms with van der Waals surface area (Å²) in [4.78, 5) is 8.81. The first-order valence-corrected chi connectivity index (χ1v) is 8.87. The molecule has 1 aliphatic carbocycles. The minimum absolute atomic E-state index is 0.190. The van der Waals surface area contributed by atoms with Gasteiger partial charge >= 0.3 is 0 Å². The summed E-state index contributed by atoms with van der Waals surface area (Å²) in [6.07, 6.45) is 8.93. The van der Waals surface area contributed by atoms with Crippen LogP contribution in [0.25, 0.3) is 0 Å². The zero-order valence-electron chi connectivity index (χ0n) is 12.8. The summed E-state index contributed by atoms with van der Waals surface area (Å²) in [6.45, 7) is 6.96. The van der Waals surface area contributed by atoms with Crippen LogP contribution < -0.4 is 10.6 Å². The molecule has 0 bridgehead atoms. The molecule has 1 aromatic rings. The van der Waals surface area contributed by atoms with E-state index in [9.17, 15) is 0 Å². The van der Waals surface area contributed by atoms with Crippen LogP contribution >= 0.6 is 11.3 Å². The van der Waals surface area contributed by atoms with Gasteiger partial charge in [0.2, 0.25) is 0 Å². The molecule has 1 saturated heterocycles. The van der Waals surface area contributed by atoms with Gasteiger partial charge in [-0.1, -0.05) is 44.4 Å². The maximum atomic E-state index is 6.37. The minimum atomic E-state index is 0.190. The third kappa shape index (κ3) is 3.01. The maximum absolute atomic E-state index is 6.37. The van der Waals surface area contributed by atoms with E-state index in [0.29, 0.717) is 5.41 Å². The molecule has 0 spiro atoms. The predicted molar refractivity (Wildman–Crippen MR) is 86.4 cm³/mol. The van der Waals surface area contributed by atoms with Gasteiger partial charge in [0.25, 0.3) is 0 Å². The summed E-state index contributed by atoms with van der Waals surface area (Å²) in [7, 11) is 0. The van der Waals surface area contributed by atoms with Crippen molar-refractivity contribution < 1.29 is 0 Å². The number of rotatable bonds is 1. The molecule has 112 valence electrons. The van der Waals surface area contributed by atoms with Crippen molar-refractivity contribution >= 4 is 16.5 Å². The lowest BCUT2D eigenvalue weighted by Crippen LogP contribution is -2.29. The smallest absolute Gasteiger partial charge is 0.185 e. The zero-order chi connectivity index (χ0) is 14.2. The van der Waals surface area contributed by atoms with Crippen LogP contribution in [0.2, 0.25) is 0 Å². The average molecular weight is 293 g/mol. The average Bonchev–Trinajstić information content (AvgIpc) is 2.70. The van der Waals surface area contributed by atoms with Crippen LogP contribution in [-0.2, 0) is 6.42 Å². The Hall–Kier alpha value is -0.610. The molecule has 1 aliphatic heterocycles. The first-order valence-electron chi connectivity index (χ1n) is 8.05. The van der Waals surface area contributed by atoms with Crippen LogP contribution in [0.5, 0.6) is 0 Å². The lowest BCUT2D eigenvalue weighted by atomic mass is 9.77. The molecule has 0 aromatic carbocycles. The van der Waals surface area contributed by atoms with Crippen LogP contribution in [0.4, 0.5) is 5.13 Å². The van der Waals surface area contributed by atoms with E-state index in [4.69, 9.17) is 10.7 Å². The second-order valence-corrected chi connectivity index (χ2v) is 8.22. The van der Waals surface area contributed by atoms with Crippen molar-refractivity contribution in [1.82, 2.24) is 4.98 Å². The molecule has 3 rings (SSSR count). The molecule has 0 radical (unpaired) electrons. The molecule has 0 amide bonds. The molecular weight excluding hydrogens is 266 g/mol. The summed E-state index contributed by atoms with van der Waals surface area (Å²) < 4.78 is 0. The van der Waals surface area contributed by atoms with Gasteiger partial charge in [0, 0.05) is 24.0 Å². The van der Waals surface area contributed by atoms with Crippen molar-refractivity contribution in [3.05, 3.63) is 10.6 Å². The van der Waals surface area contributed by atoms with E-state index < -0.39 is 0 Å². The summed E-state index contributed by atoms with van der Waals surface area (Å²) >= 11 is 1.86.